The number of aromatic amines is 4. The Kier molecular flexibility index (Phi) is 11.3. The van der Waals surface area contributed by atoms with Crippen molar-refractivity contribution in [1.82, 2.24) is 29.9 Å². The van der Waals surface area contributed by atoms with E-state index >= 15 is 0 Å². The average molecular weight is 733 g/mol. The number of nitrogens with zero attached hydrogens (tertiary/aromatic N) is 2. The molecule has 6 heterocycles. The van der Waals surface area contributed by atoms with Crippen molar-refractivity contribution in [2.75, 3.05) is 0 Å². The fourth-order valence-corrected chi connectivity index (χ4v) is 5.50. The summed E-state index contributed by atoms with van der Waals surface area (Å²) in [6, 6.07) is 6.99. The fraction of sp³-hybridized carbons (Fsp3) is 0.200. The van der Waals surface area contributed by atoms with E-state index in [0.29, 0.717) is 16.4 Å². The normalized spacial score (nSPS) is 12.1. The van der Waals surface area contributed by atoms with Gasteiger partial charge in [-0.15, -0.1) is 16.0 Å². The van der Waals surface area contributed by atoms with Gasteiger partial charge in [-0.3, -0.25) is 14.6 Å². The van der Waals surface area contributed by atoms with Gasteiger partial charge in [0.1, 0.15) is 11.3 Å². The van der Waals surface area contributed by atoms with E-state index in [9.17, 15) is 52.8 Å². The highest BCUT2D eigenvalue weighted by atomic mass is 35.5. The topological polar surface area (TPSA) is 201 Å². The monoisotopic (exact) mass is 732 g/mol. The van der Waals surface area contributed by atoms with Crippen molar-refractivity contribution in [3.8, 4) is 0 Å². The van der Waals surface area contributed by atoms with E-state index in [1.807, 2.05) is 29.0 Å². The molecule has 0 spiro atoms. The van der Waals surface area contributed by atoms with Crippen molar-refractivity contribution >= 4 is 76.5 Å². The number of halogens is 7. The molecule has 0 aliphatic rings. The van der Waals surface area contributed by atoms with Gasteiger partial charge in [0, 0.05) is 52.6 Å². The maximum absolute atomic E-state index is 11.6. The van der Waals surface area contributed by atoms with Crippen molar-refractivity contribution in [2.45, 2.75) is 32.3 Å². The predicted molar refractivity (Wildman–Crippen MR) is 163 cm³/mol. The first-order chi connectivity index (χ1) is 20.7. The first kappa shape index (κ1) is 38.7. The standard InChI is InChI=1S/C12H11N3.C10H7N3O2.C2F6O5S2.CH4.ClH/c1-7-3-4-13-12-11(7)9-5-8(2)14-6-10(9)15-12;14-7-1-2-11-10-9(7)5-3-8(15)12-4-6(5)13-10;3-1(4,5)14(9,10)13-15(11,12)2(6,7)8;;/h3-6H,1-2H3,(H,13,15);1-4H,(H,12,15)(H2,11,13,14);;1H4;1H. The molecule has 0 saturated heterocycles. The van der Waals surface area contributed by atoms with Gasteiger partial charge in [0.2, 0.25) is 5.56 Å². The second-order valence-electron chi connectivity index (χ2n) is 9.06. The van der Waals surface area contributed by atoms with Crippen LogP contribution >= 0.6 is 12.4 Å². The summed E-state index contributed by atoms with van der Waals surface area (Å²) in [4.78, 5) is 43.1. The highest BCUT2D eigenvalue weighted by molar-refractivity contribution is 8.00. The van der Waals surface area contributed by atoms with Crippen LogP contribution < -0.4 is 11.0 Å². The Balaban J connectivity index is 0.000000240. The first-order valence-corrected chi connectivity index (χ1v) is 14.8. The minimum atomic E-state index is -6.85. The molecule has 0 aliphatic carbocycles. The summed E-state index contributed by atoms with van der Waals surface area (Å²) in [6.07, 6.45) is 6.83. The van der Waals surface area contributed by atoms with Crippen LogP contribution in [-0.2, 0) is 23.9 Å². The highest BCUT2D eigenvalue weighted by Crippen LogP contribution is 2.32. The van der Waals surface area contributed by atoms with Crippen molar-refractivity contribution in [2.24, 2.45) is 0 Å². The minimum absolute atomic E-state index is 0. The number of fused-ring (bicyclic) bond motifs is 6. The van der Waals surface area contributed by atoms with Gasteiger partial charge < -0.3 is 19.9 Å². The number of hydrogen-bond donors (Lipinski definition) is 4. The van der Waals surface area contributed by atoms with Gasteiger partial charge in [-0.2, -0.15) is 43.2 Å². The summed E-state index contributed by atoms with van der Waals surface area (Å²) in [5.74, 6) is 0. The van der Waals surface area contributed by atoms with Crippen LogP contribution in [0.5, 0.6) is 0 Å². The van der Waals surface area contributed by atoms with Crippen LogP contribution in [0.3, 0.4) is 0 Å². The molecule has 0 amide bonds. The lowest BCUT2D eigenvalue weighted by atomic mass is 10.1. The molecule has 0 radical (unpaired) electrons. The zero-order valence-electron chi connectivity index (χ0n) is 22.9. The summed E-state index contributed by atoms with van der Waals surface area (Å²) in [7, 11) is -13.7. The highest BCUT2D eigenvalue weighted by Gasteiger charge is 2.57. The summed E-state index contributed by atoms with van der Waals surface area (Å²) < 4.78 is 110. The number of pyridine rings is 4. The molecular formula is C25H23ClF6N6O7S2. The number of alkyl halides is 6. The largest absolute Gasteiger partial charge is 0.524 e. The Hall–Kier alpha value is -4.47. The lowest BCUT2D eigenvalue weighted by Crippen LogP contribution is -2.34. The molecule has 0 bridgehead atoms. The van der Waals surface area contributed by atoms with E-state index in [1.54, 1.807) is 12.4 Å². The molecule has 6 aromatic heterocycles. The Bertz CT molecular complexity index is 2360. The van der Waals surface area contributed by atoms with Crippen LogP contribution in [0.15, 0.2) is 58.6 Å². The summed E-state index contributed by atoms with van der Waals surface area (Å²) in [6.45, 7) is 4.11. The van der Waals surface area contributed by atoms with Crippen LogP contribution in [0.4, 0.5) is 26.3 Å². The smallest absolute Gasteiger partial charge is 0.347 e. The van der Waals surface area contributed by atoms with Gasteiger partial charge in [0.05, 0.1) is 22.6 Å². The third-order valence-corrected chi connectivity index (χ3v) is 8.45. The lowest BCUT2D eigenvalue weighted by Gasteiger charge is -2.09. The zero-order chi connectivity index (χ0) is 33.5. The third kappa shape index (κ3) is 8.10. The second-order valence-corrected chi connectivity index (χ2v) is 12.3. The van der Waals surface area contributed by atoms with Crippen LogP contribution in [0, 0.1) is 13.8 Å². The van der Waals surface area contributed by atoms with Gasteiger partial charge in [0.25, 0.3) is 0 Å². The van der Waals surface area contributed by atoms with Crippen molar-refractivity contribution in [3.63, 3.8) is 0 Å². The van der Waals surface area contributed by atoms with E-state index in [2.05, 4.69) is 42.9 Å². The molecular weight excluding hydrogens is 710 g/mol. The van der Waals surface area contributed by atoms with Crippen LogP contribution in [-0.4, -0.2) is 57.8 Å². The van der Waals surface area contributed by atoms with E-state index in [4.69, 9.17) is 0 Å². The SMILES string of the molecule is C.Cc1cc2c(cn1)[nH]c1nccc(C)c12.Cl.O=S(=O)(OS(=O)(=O)C(F)(F)F)C(F)(F)F.O=c1cc2c(c[nH]1)[nH]c1[nH]ccc(=O)c12. The predicted octanol–water partition coefficient (Wildman–Crippen LogP) is 5.19. The summed E-state index contributed by atoms with van der Waals surface area (Å²) in [5, 5.41) is 3.59. The first-order valence-electron chi connectivity index (χ1n) is 12.0. The number of H-pyrrole nitrogens is 4. The minimum Gasteiger partial charge on any atom is -0.347 e. The Morgan fingerprint density at radius 3 is 1.98 bits per heavy atom. The van der Waals surface area contributed by atoms with E-state index in [1.165, 1.54) is 28.5 Å². The molecule has 47 heavy (non-hydrogen) atoms. The van der Waals surface area contributed by atoms with Crippen LogP contribution in [0.1, 0.15) is 18.7 Å². The van der Waals surface area contributed by atoms with Crippen molar-refractivity contribution < 1.29 is 46.8 Å². The van der Waals surface area contributed by atoms with E-state index in [-0.39, 0.29) is 30.8 Å². The molecule has 6 aromatic rings. The molecule has 256 valence electrons. The van der Waals surface area contributed by atoms with Crippen LogP contribution in [0.25, 0.3) is 43.9 Å². The molecule has 0 aliphatic heterocycles. The average Bonchev–Trinajstić information content (AvgIpc) is 3.46. The molecule has 0 fully saturated rings. The zero-order valence-corrected chi connectivity index (χ0v) is 25.3. The summed E-state index contributed by atoms with van der Waals surface area (Å²) >= 11 is 0. The van der Waals surface area contributed by atoms with Gasteiger partial charge in [-0.05, 0) is 31.5 Å². The number of rotatable bonds is 2. The van der Waals surface area contributed by atoms with Crippen molar-refractivity contribution in [1.29, 1.82) is 0 Å². The Morgan fingerprint density at radius 1 is 0.787 bits per heavy atom. The maximum Gasteiger partial charge on any atom is 0.524 e. The number of hydrogen-bond acceptors (Lipinski definition) is 9. The Morgan fingerprint density at radius 2 is 1.38 bits per heavy atom. The molecule has 0 atom stereocenters. The van der Waals surface area contributed by atoms with E-state index < -0.39 is 31.3 Å². The molecule has 0 aromatic carbocycles. The molecule has 4 N–H and O–H groups in total. The quantitative estimate of drug-likeness (QED) is 0.137. The van der Waals surface area contributed by atoms with Gasteiger partial charge >= 0.3 is 31.3 Å². The molecule has 6 rings (SSSR count). The number of aryl methyl sites for hydroxylation is 2. The van der Waals surface area contributed by atoms with Crippen molar-refractivity contribution in [3.05, 3.63) is 80.9 Å². The fourth-order valence-electron chi connectivity index (χ4n) is 3.94. The maximum atomic E-state index is 11.6. The van der Waals surface area contributed by atoms with Crippen LogP contribution in [0.2, 0.25) is 0 Å². The summed E-state index contributed by atoms with van der Waals surface area (Å²) in [5.41, 5.74) is -7.18. The Labute approximate surface area is 266 Å². The van der Waals surface area contributed by atoms with Gasteiger partial charge in [-0.25, -0.2) is 4.98 Å². The second kappa shape index (κ2) is 13.7. The molecule has 13 nitrogen and oxygen atoms in total. The molecule has 0 saturated carbocycles. The van der Waals surface area contributed by atoms with E-state index in [0.717, 1.165) is 22.4 Å². The van der Waals surface area contributed by atoms with Gasteiger partial charge in [0.15, 0.2) is 5.43 Å². The number of aromatic nitrogens is 6. The van der Waals surface area contributed by atoms with Gasteiger partial charge in [-0.1, -0.05) is 7.43 Å². The number of nitrogens with one attached hydrogen (secondary N) is 4. The molecule has 0 unspecified atom stereocenters. The lowest BCUT2D eigenvalue weighted by molar-refractivity contribution is -0.0585. The third-order valence-electron chi connectivity index (χ3n) is 5.88. The molecule has 22 heteroatoms.